The van der Waals surface area contributed by atoms with Gasteiger partial charge in [0.15, 0.2) is 0 Å². The van der Waals surface area contributed by atoms with Gasteiger partial charge in [-0.2, -0.15) is 0 Å². The summed E-state index contributed by atoms with van der Waals surface area (Å²) in [7, 11) is 0. The van der Waals surface area contributed by atoms with Gasteiger partial charge in [-0.15, -0.1) is 11.3 Å². The standard InChI is InChI=1S/C32H31FN2OS/c1-22-8-2-6-12-27(22)32-28-15-17-37-30(28)14-16-34(32)21-31(36)35(20-25-11-5-7-13-29(25)33)26-18-23-9-3-4-10-24(23)19-26/h2-13,15,17,26,32H,14,16,18-21H2,1H3. The Morgan fingerprint density at radius 1 is 0.946 bits per heavy atom. The van der Waals surface area contributed by atoms with E-state index in [1.165, 1.54) is 38.8 Å². The van der Waals surface area contributed by atoms with Crippen LogP contribution in [0.1, 0.15) is 44.3 Å². The van der Waals surface area contributed by atoms with Crippen LogP contribution in [0.3, 0.4) is 0 Å². The first-order valence-electron chi connectivity index (χ1n) is 13.0. The van der Waals surface area contributed by atoms with Crippen molar-refractivity contribution in [2.45, 2.75) is 44.8 Å². The number of aryl methyl sites for hydroxylation is 1. The maximum atomic E-state index is 14.7. The summed E-state index contributed by atoms with van der Waals surface area (Å²) < 4.78 is 14.7. The first kappa shape index (κ1) is 24.1. The first-order valence-corrected chi connectivity index (χ1v) is 13.9. The summed E-state index contributed by atoms with van der Waals surface area (Å²) >= 11 is 1.81. The van der Waals surface area contributed by atoms with Crippen LogP contribution in [0, 0.1) is 12.7 Å². The minimum absolute atomic E-state index is 0.0305. The Balaban J connectivity index is 1.31. The number of hydrogen-bond donors (Lipinski definition) is 0. The molecule has 0 spiro atoms. The normalized spacial score (nSPS) is 17.4. The van der Waals surface area contributed by atoms with E-state index in [0.717, 1.165) is 25.8 Å². The molecule has 1 amide bonds. The van der Waals surface area contributed by atoms with Crippen LogP contribution >= 0.6 is 11.3 Å². The van der Waals surface area contributed by atoms with Gasteiger partial charge >= 0.3 is 0 Å². The number of fused-ring (bicyclic) bond motifs is 2. The van der Waals surface area contributed by atoms with Crippen LogP contribution < -0.4 is 0 Å². The van der Waals surface area contributed by atoms with E-state index >= 15 is 0 Å². The van der Waals surface area contributed by atoms with Crippen LogP contribution in [-0.4, -0.2) is 34.8 Å². The number of thiophene rings is 1. The van der Waals surface area contributed by atoms with E-state index in [4.69, 9.17) is 0 Å². The van der Waals surface area contributed by atoms with Crippen molar-refractivity contribution in [3.05, 3.63) is 128 Å². The first-order chi connectivity index (χ1) is 18.1. The molecule has 1 aliphatic heterocycles. The van der Waals surface area contributed by atoms with Gasteiger partial charge in [0.25, 0.3) is 0 Å². The number of hydrogen-bond acceptors (Lipinski definition) is 3. The highest BCUT2D eigenvalue weighted by atomic mass is 32.1. The average Bonchev–Trinajstić information content (AvgIpc) is 3.56. The molecule has 0 saturated heterocycles. The van der Waals surface area contributed by atoms with Crippen molar-refractivity contribution >= 4 is 17.2 Å². The number of nitrogens with zero attached hydrogens (tertiary/aromatic N) is 2. The fourth-order valence-corrected chi connectivity index (χ4v) is 6.95. The highest BCUT2D eigenvalue weighted by molar-refractivity contribution is 7.10. The van der Waals surface area contributed by atoms with Gasteiger partial charge in [0.2, 0.25) is 5.91 Å². The molecule has 1 unspecified atom stereocenters. The molecule has 0 bridgehead atoms. The molecule has 1 aromatic heterocycles. The summed E-state index contributed by atoms with van der Waals surface area (Å²) in [6.07, 6.45) is 2.57. The monoisotopic (exact) mass is 510 g/mol. The van der Waals surface area contributed by atoms with Crippen LogP contribution in [0.4, 0.5) is 4.39 Å². The number of benzene rings is 3. The lowest BCUT2D eigenvalue weighted by molar-refractivity contribution is -0.135. The molecule has 0 N–H and O–H groups in total. The molecular formula is C32H31FN2OS. The summed E-state index contributed by atoms with van der Waals surface area (Å²) in [5.41, 5.74) is 6.95. The highest BCUT2D eigenvalue weighted by Gasteiger charge is 2.35. The van der Waals surface area contributed by atoms with E-state index in [-0.39, 0.29) is 30.4 Å². The molecule has 6 rings (SSSR count). The largest absolute Gasteiger partial charge is 0.333 e. The lowest BCUT2D eigenvalue weighted by atomic mass is 9.90. The molecule has 1 aliphatic carbocycles. The maximum absolute atomic E-state index is 14.7. The summed E-state index contributed by atoms with van der Waals surface area (Å²) in [4.78, 5) is 19.8. The van der Waals surface area contributed by atoms with E-state index in [9.17, 15) is 9.18 Å². The summed E-state index contributed by atoms with van der Waals surface area (Å²) in [5.74, 6) is -0.187. The second-order valence-corrected chi connectivity index (χ2v) is 11.2. The third kappa shape index (κ3) is 4.74. The molecule has 3 aromatic carbocycles. The Labute approximate surface area is 222 Å². The summed E-state index contributed by atoms with van der Waals surface area (Å²) in [6, 6.07) is 26.1. The third-order valence-corrected chi connectivity index (χ3v) is 8.97. The van der Waals surface area contributed by atoms with Gasteiger partial charge in [0, 0.05) is 29.6 Å². The molecule has 4 aromatic rings. The second kappa shape index (κ2) is 10.2. The molecule has 0 fully saturated rings. The van der Waals surface area contributed by atoms with Crippen LogP contribution in [0.5, 0.6) is 0 Å². The van der Waals surface area contributed by atoms with Gasteiger partial charge in [0.1, 0.15) is 5.82 Å². The third-order valence-electron chi connectivity index (χ3n) is 7.98. The van der Waals surface area contributed by atoms with E-state index < -0.39 is 0 Å². The minimum atomic E-state index is -0.255. The molecule has 5 heteroatoms. The van der Waals surface area contributed by atoms with Crippen molar-refractivity contribution in [3.63, 3.8) is 0 Å². The Morgan fingerprint density at radius 3 is 2.41 bits per heavy atom. The van der Waals surface area contributed by atoms with E-state index in [0.29, 0.717) is 12.1 Å². The molecule has 2 aliphatic rings. The predicted molar refractivity (Wildman–Crippen MR) is 147 cm³/mol. The van der Waals surface area contributed by atoms with Crippen LogP contribution in [-0.2, 0) is 30.6 Å². The Bertz CT molecular complexity index is 1400. The number of carbonyl (C=O) groups is 1. The Morgan fingerprint density at radius 2 is 1.65 bits per heavy atom. The van der Waals surface area contributed by atoms with Crippen molar-refractivity contribution in [1.29, 1.82) is 0 Å². The van der Waals surface area contributed by atoms with Crippen molar-refractivity contribution in [1.82, 2.24) is 9.80 Å². The predicted octanol–water partition coefficient (Wildman–Crippen LogP) is 6.34. The van der Waals surface area contributed by atoms with E-state index in [1.807, 2.05) is 22.3 Å². The van der Waals surface area contributed by atoms with E-state index in [1.54, 1.807) is 12.1 Å². The topological polar surface area (TPSA) is 23.6 Å². The zero-order chi connectivity index (χ0) is 25.4. The van der Waals surface area contributed by atoms with Crippen LogP contribution in [0.25, 0.3) is 0 Å². The highest BCUT2D eigenvalue weighted by Crippen LogP contribution is 2.39. The minimum Gasteiger partial charge on any atom is -0.333 e. The quantitative estimate of drug-likeness (QED) is 0.302. The molecule has 188 valence electrons. The Kier molecular flexibility index (Phi) is 6.66. The average molecular weight is 511 g/mol. The number of rotatable bonds is 6. The second-order valence-electron chi connectivity index (χ2n) is 10.2. The number of halogens is 1. The molecule has 3 nitrogen and oxygen atoms in total. The summed E-state index contributed by atoms with van der Waals surface area (Å²) in [6.45, 7) is 3.58. The lowest BCUT2D eigenvalue weighted by Gasteiger charge is -2.38. The van der Waals surface area contributed by atoms with Gasteiger partial charge in [-0.05, 0) is 71.5 Å². The van der Waals surface area contributed by atoms with Gasteiger partial charge in [-0.1, -0.05) is 66.7 Å². The fraction of sp³-hybridized carbons (Fsp3) is 0.281. The van der Waals surface area contributed by atoms with Gasteiger partial charge in [-0.3, -0.25) is 9.69 Å². The summed E-state index contributed by atoms with van der Waals surface area (Å²) in [5, 5.41) is 2.17. The van der Waals surface area contributed by atoms with Crippen molar-refractivity contribution in [3.8, 4) is 0 Å². The number of amides is 1. The van der Waals surface area contributed by atoms with Crippen molar-refractivity contribution in [2.75, 3.05) is 13.1 Å². The molecule has 0 saturated carbocycles. The molecule has 2 heterocycles. The van der Waals surface area contributed by atoms with E-state index in [2.05, 4.69) is 71.8 Å². The zero-order valence-electron chi connectivity index (χ0n) is 21.1. The van der Waals surface area contributed by atoms with Gasteiger partial charge in [-0.25, -0.2) is 4.39 Å². The lowest BCUT2D eigenvalue weighted by Crippen LogP contribution is -2.48. The molecule has 0 radical (unpaired) electrons. The Hall–Kier alpha value is -3.28. The smallest absolute Gasteiger partial charge is 0.237 e. The van der Waals surface area contributed by atoms with Gasteiger partial charge < -0.3 is 4.90 Å². The molecular weight excluding hydrogens is 479 g/mol. The van der Waals surface area contributed by atoms with Crippen LogP contribution in [0.15, 0.2) is 84.2 Å². The molecule has 37 heavy (non-hydrogen) atoms. The SMILES string of the molecule is Cc1ccccc1C1c2ccsc2CCN1CC(=O)N(Cc1ccccc1F)C1Cc2ccccc2C1. The molecule has 1 atom stereocenters. The van der Waals surface area contributed by atoms with Crippen LogP contribution in [0.2, 0.25) is 0 Å². The maximum Gasteiger partial charge on any atom is 0.237 e. The fourth-order valence-electron chi connectivity index (χ4n) is 6.05. The number of carbonyl (C=O) groups excluding carboxylic acids is 1. The van der Waals surface area contributed by atoms with Crippen molar-refractivity contribution in [2.24, 2.45) is 0 Å². The zero-order valence-corrected chi connectivity index (χ0v) is 21.9. The van der Waals surface area contributed by atoms with Crippen molar-refractivity contribution < 1.29 is 9.18 Å². The van der Waals surface area contributed by atoms with Gasteiger partial charge in [0.05, 0.1) is 12.6 Å².